The van der Waals surface area contributed by atoms with Crippen molar-refractivity contribution in [2.75, 3.05) is 20.2 Å². The van der Waals surface area contributed by atoms with Crippen molar-refractivity contribution in [2.45, 2.75) is 32.0 Å². The molecule has 1 atom stereocenters. The van der Waals surface area contributed by atoms with Gasteiger partial charge in [0, 0.05) is 26.2 Å². The van der Waals surface area contributed by atoms with Crippen molar-refractivity contribution in [2.24, 2.45) is 5.73 Å². The summed E-state index contributed by atoms with van der Waals surface area (Å²) < 4.78 is 19.0. The maximum atomic E-state index is 13.4. The van der Waals surface area contributed by atoms with Gasteiger partial charge in [0.2, 0.25) is 0 Å². The van der Waals surface area contributed by atoms with Crippen LogP contribution in [0, 0.1) is 5.82 Å². The predicted molar refractivity (Wildman–Crippen MR) is 69.6 cm³/mol. The maximum absolute atomic E-state index is 13.4. The number of hydrogen-bond acceptors (Lipinski definition) is 3. The van der Waals surface area contributed by atoms with Crippen LogP contribution in [-0.2, 0) is 17.8 Å². The highest BCUT2D eigenvalue weighted by molar-refractivity contribution is 5.24. The van der Waals surface area contributed by atoms with Crippen LogP contribution in [0.5, 0.6) is 0 Å². The van der Waals surface area contributed by atoms with Crippen LogP contribution in [0.4, 0.5) is 4.39 Å². The molecule has 3 nitrogen and oxygen atoms in total. The van der Waals surface area contributed by atoms with Crippen molar-refractivity contribution in [1.82, 2.24) is 4.90 Å². The van der Waals surface area contributed by atoms with Crippen LogP contribution < -0.4 is 5.73 Å². The average molecular weight is 252 g/mol. The first kappa shape index (κ1) is 13.5. The summed E-state index contributed by atoms with van der Waals surface area (Å²) in [5, 5.41) is 0. The molecule has 0 aliphatic carbocycles. The molecule has 18 heavy (non-hydrogen) atoms. The highest BCUT2D eigenvalue weighted by Gasteiger charge is 2.17. The fraction of sp³-hybridized carbons (Fsp3) is 0.571. The Bertz CT molecular complexity index is 391. The lowest BCUT2D eigenvalue weighted by molar-refractivity contribution is 0.0793. The molecule has 1 aromatic carbocycles. The molecule has 100 valence electrons. The lowest BCUT2D eigenvalue weighted by Gasteiger charge is -2.20. The average Bonchev–Trinajstić information content (AvgIpc) is 2.80. The van der Waals surface area contributed by atoms with E-state index in [1.165, 1.54) is 6.07 Å². The minimum atomic E-state index is -0.210. The molecule has 0 radical (unpaired) electrons. The molecule has 1 unspecified atom stereocenters. The number of rotatable bonds is 5. The van der Waals surface area contributed by atoms with E-state index in [1.807, 2.05) is 13.1 Å². The van der Waals surface area contributed by atoms with Gasteiger partial charge in [0.1, 0.15) is 5.82 Å². The third kappa shape index (κ3) is 3.77. The molecular weight excluding hydrogens is 231 g/mol. The molecule has 0 saturated carbocycles. The number of nitrogens with zero attached hydrogens (tertiary/aromatic N) is 1. The van der Waals surface area contributed by atoms with Crippen LogP contribution in [-0.4, -0.2) is 31.2 Å². The smallest absolute Gasteiger partial charge is 0.123 e. The number of nitrogens with two attached hydrogens (primary N) is 1. The Labute approximate surface area is 108 Å². The van der Waals surface area contributed by atoms with Gasteiger partial charge in [-0.05, 0) is 43.1 Å². The number of likely N-dealkylation sites (N-methyl/N-ethyl adjacent to an activating group) is 1. The first-order valence-corrected chi connectivity index (χ1v) is 6.46. The van der Waals surface area contributed by atoms with Crippen molar-refractivity contribution in [3.63, 3.8) is 0 Å². The van der Waals surface area contributed by atoms with Gasteiger partial charge in [0.25, 0.3) is 0 Å². The molecule has 1 fully saturated rings. The van der Waals surface area contributed by atoms with Gasteiger partial charge in [-0.1, -0.05) is 6.07 Å². The molecule has 0 aromatic heterocycles. The van der Waals surface area contributed by atoms with Gasteiger partial charge in [0.15, 0.2) is 0 Å². The summed E-state index contributed by atoms with van der Waals surface area (Å²) in [5.41, 5.74) is 7.36. The molecule has 1 heterocycles. The first-order chi connectivity index (χ1) is 8.67. The van der Waals surface area contributed by atoms with Gasteiger partial charge in [-0.25, -0.2) is 4.39 Å². The molecule has 0 amide bonds. The van der Waals surface area contributed by atoms with Crippen LogP contribution in [0.15, 0.2) is 18.2 Å². The normalized spacial score (nSPS) is 19.7. The van der Waals surface area contributed by atoms with Gasteiger partial charge in [-0.15, -0.1) is 0 Å². The molecule has 1 saturated heterocycles. The number of hydrogen-bond donors (Lipinski definition) is 1. The SMILES string of the molecule is CN(Cc1cc(F)cc(CN)c1)CC1CCCO1. The van der Waals surface area contributed by atoms with E-state index in [2.05, 4.69) is 4.90 Å². The quantitative estimate of drug-likeness (QED) is 0.869. The Balaban J connectivity index is 1.93. The minimum absolute atomic E-state index is 0.210. The molecule has 2 rings (SSSR count). The fourth-order valence-electron chi connectivity index (χ4n) is 2.44. The highest BCUT2D eigenvalue weighted by atomic mass is 19.1. The summed E-state index contributed by atoms with van der Waals surface area (Å²) in [4.78, 5) is 2.17. The molecule has 1 aliphatic rings. The second-order valence-electron chi connectivity index (χ2n) is 5.00. The molecule has 1 aliphatic heterocycles. The maximum Gasteiger partial charge on any atom is 0.123 e. The summed E-state index contributed by atoms with van der Waals surface area (Å²) in [6.07, 6.45) is 2.61. The summed E-state index contributed by atoms with van der Waals surface area (Å²) >= 11 is 0. The van der Waals surface area contributed by atoms with E-state index >= 15 is 0 Å². The third-order valence-corrected chi connectivity index (χ3v) is 3.24. The Hall–Kier alpha value is -0.970. The number of ether oxygens (including phenoxy) is 1. The van der Waals surface area contributed by atoms with Crippen molar-refractivity contribution in [3.8, 4) is 0 Å². The van der Waals surface area contributed by atoms with Crippen LogP contribution >= 0.6 is 0 Å². The second kappa shape index (κ2) is 6.27. The largest absolute Gasteiger partial charge is 0.377 e. The van der Waals surface area contributed by atoms with Crippen molar-refractivity contribution >= 4 is 0 Å². The molecule has 4 heteroatoms. The number of halogens is 1. The van der Waals surface area contributed by atoms with E-state index in [-0.39, 0.29) is 5.82 Å². The second-order valence-corrected chi connectivity index (χ2v) is 5.00. The summed E-state index contributed by atoms with van der Waals surface area (Å²) in [6.45, 7) is 2.87. The van der Waals surface area contributed by atoms with Crippen molar-refractivity contribution in [3.05, 3.63) is 35.1 Å². The monoisotopic (exact) mass is 252 g/mol. The molecule has 0 bridgehead atoms. The fourth-order valence-corrected chi connectivity index (χ4v) is 2.44. The van der Waals surface area contributed by atoms with Crippen molar-refractivity contribution < 1.29 is 9.13 Å². The van der Waals surface area contributed by atoms with Gasteiger partial charge in [-0.2, -0.15) is 0 Å². The van der Waals surface area contributed by atoms with Crippen LogP contribution in [0.1, 0.15) is 24.0 Å². The third-order valence-electron chi connectivity index (χ3n) is 3.24. The van der Waals surface area contributed by atoms with Crippen molar-refractivity contribution in [1.29, 1.82) is 0 Å². The lowest BCUT2D eigenvalue weighted by Crippen LogP contribution is -2.28. The molecular formula is C14H21FN2O. The van der Waals surface area contributed by atoms with Gasteiger partial charge in [-0.3, -0.25) is 4.90 Å². The molecule has 2 N–H and O–H groups in total. The van der Waals surface area contributed by atoms with E-state index < -0.39 is 0 Å². The highest BCUT2D eigenvalue weighted by Crippen LogP contribution is 2.15. The van der Waals surface area contributed by atoms with Gasteiger partial charge in [0.05, 0.1) is 6.10 Å². The van der Waals surface area contributed by atoms with Crippen LogP contribution in [0.3, 0.4) is 0 Å². The number of benzene rings is 1. The van der Waals surface area contributed by atoms with E-state index in [9.17, 15) is 4.39 Å². The van der Waals surface area contributed by atoms with E-state index in [4.69, 9.17) is 10.5 Å². The van der Waals surface area contributed by atoms with Gasteiger partial charge < -0.3 is 10.5 Å². The van der Waals surface area contributed by atoms with E-state index in [1.54, 1.807) is 6.07 Å². The summed E-state index contributed by atoms with van der Waals surface area (Å²) in [6, 6.07) is 5.03. The zero-order valence-corrected chi connectivity index (χ0v) is 10.9. The summed E-state index contributed by atoms with van der Waals surface area (Å²) in [7, 11) is 2.04. The van der Waals surface area contributed by atoms with E-state index in [0.29, 0.717) is 12.6 Å². The van der Waals surface area contributed by atoms with E-state index in [0.717, 1.165) is 43.7 Å². The first-order valence-electron chi connectivity index (χ1n) is 6.46. The standard InChI is InChI=1S/C14H21FN2O/c1-17(10-14-3-2-4-18-14)9-12-5-11(8-16)6-13(15)7-12/h5-7,14H,2-4,8-10,16H2,1H3. The predicted octanol–water partition coefficient (Wildman–Crippen LogP) is 1.90. The zero-order chi connectivity index (χ0) is 13.0. The Kier molecular flexibility index (Phi) is 4.69. The van der Waals surface area contributed by atoms with Crippen LogP contribution in [0.25, 0.3) is 0 Å². The Morgan fingerprint density at radius 2 is 2.17 bits per heavy atom. The molecule has 0 spiro atoms. The minimum Gasteiger partial charge on any atom is -0.377 e. The van der Waals surface area contributed by atoms with Gasteiger partial charge >= 0.3 is 0 Å². The summed E-state index contributed by atoms with van der Waals surface area (Å²) in [5.74, 6) is -0.210. The Morgan fingerprint density at radius 1 is 1.39 bits per heavy atom. The Morgan fingerprint density at radius 3 is 2.83 bits per heavy atom. The zero-order valence-electron chi connectivity index (χ0n) is 10.9. The lowest BCUT2D eigenvalue weighted by atomic mass is 10.1. The van der Waals surface area contributed by atoms with Crippen LogP contribution in [0.2, 0.25) is 0 Å². The molecule has 1 aromatic rings. The topological polar surface area (TPSA) is 38.5 Å².